The number of rotatable bonds is 5. The normalized spacial score (nSPS) is 18.4. The first-order valence-electron chi connectivity index (χ1n) is 10.8. The molecule has 0 saturated carbocycles. The SMILES string of the molecule is O=C(N[C@@H]1CNCCC[C@H]1OC(=O)c1ccccc1-c1ccccc1)c1ccc(O)cc1. The van der Waals surface area contributed by atoms with E-state index in [2.05, 4.69) is 10.6 Å². The summed E-state index contributed by atoms with van der Waals surface area (Å²) in [7, 11) is 0. The third-order valence-corrected chi connectivity index (χ3v) is 5.59. The molecule has 1 heterocycles. The van der Waals surface area contributed by atoms with Gasteiger partial charge in [0.1, 0.15) is 11.9 Å². The molecular weight excluding hydrogens is 404 g/mol. The van der Waals surface area contributed by atoms with Gasteiger partial charge in [-0.2, -0.15) is 0 Å². The van der Waals surface area contributed by atoms with Crippen molar-refractivity contribution in [3.8, 4) is 16.9 Å². The Labute approximate surface area is 187 Å². The standard InChI is InChI=1S/C26H26N2O4/c29-20-14-12-19(13-15-20)25(30)28-23-17-27-16-6-11-24(23)32-26(31)22-10-5-4-9-21(22)18-7-2-1-3-8-18/h1-5,7-10,12-15,23-24,27,29H,6,11,16-17H2,(H,28,30)/t23-,24-/m1/s1. The van der Waals surface area contributed by atoms with Crippen molar-refractivity contribution in [3.63, 3.8) is 0 Å². The van der Waals surface area contributed by atoms with Crippen LogP contribution in [0.2, 0.25) is 0 Å². The minimum absolute atomic E-state index is 0.0987. The highest BCUT2D eigenvalue weighted by Gasteiger charge is 2.29. The summed E-state index contributed by atoms with van der Waals surface area (Å²) in [5, 5.41) is 15.7. The van der Waals surface area contributed by atoms with Gasteiger partial charge >= 0.3 is 5.97 Å². The van der Waals surface area contributed by atoms with Crippen LogP contribution >= 0.6 is 0 Å². The van der Waals surface area contributed by atoms with E-state index in [0.717, 1.165) is 24.1 Å². The minimum Gasteiger partial charge on any atom is -0.508 e. The Morgan fingerprint density at radius 1 is 0.938 bits per heavy atom. The molecule has 3 N–H and O–H groups in total. The maximum Gasteiger partial charge on any atom is 0.339 e. The Hall–Kier alpha value is -3.64. The molecular formula is C26H26N2O4. The maximum atomic E-state index is 13.2. The first-order valence-corrected chi connectivity index (χ1v) is 10.8. The zero-order valence-corrected chi connectivity index (χ0v) is 17.7. The number of phenolic OH excluding ortho intramolecular Hbond substituents is 1. The van der Waals surface area contributed by atoms with E-state index >= 15 is 0 Å². The Morgan fingerprint density at radius 2 is 1.66 bits per heavy atom. The highest BCUT2D eigenvalue weighted by Crippen LogP contribution is 2.25. The summed E-state index contributed by atoms with van der Waals surface area (Å²) < 4.78 is 5.95. The number of esters is 1. The number of amides is 1. The van der Waals surface area contributed by atoms with E-state index in [1.165, 1.54) is 12.1 Å². The predicted octanol–water partition coefficient (Wildman–Crippen LogP) is 3.77. The van der Waals surface area contributed by atoms with Gasteiger partial charge in [-0.25, -0.2) is 4.79 Å². The molecule has 32 heavy (non-hydrogen) atoms. The molecule has 6 nitrogen and oxygen atoms in total. The van der Waals surface area contributed by atoms with Crippen molar-refractivity contribution in [1.82, 2.24) is 10.6 Å². The van der Waals surface area contributed by atoms with Crippen LogP contribution in [-0.4, -0.2) is 42.2 Å². The fraction of sp³-hybridized carbons (Fsp3) is 0.231. The van der Waals surface area contributed by atoms with Gasteiger partial charge in [-0.15, -0.1) is 0 Å². The van der Waals surface area contributed by atoms with Crippen LogP contribution in [0.4, 0.5) is 0 Å². The van der Waals surface area contributed by atoms with Gasteiger partial charge < -0.3 is 20.5 Å². The van der Waals surface area contributed by atoms with Crippen LogP contribution in [0.5, 0.6) is 5.75 Å². The Morgan fingerprint density at radius 3 is 2.44 bits per heavy atom. The topological polar surface area (TPSA) is 87.7 Å². The van der Waals surface area contributed by atoms with Gasteiger partial charge in [-0.3, -0.25) is 4.79 Å². The number of ether oxygens (including phenoxy) is 1. The largest absolute Gasteiger partial charge is 0.508 e. The highest BCUT2D eigenvalue weighted by molar-refractivity contribution is 5.97. The first kappa shape index (κ1) is 21.6. The van der Waals surface area contributed by atoms with E-state index in [1.54, 1.807) is 18.2 Å². The summed E-state index contributed by atoms with van der Waals surface area (Å²) in [4.78, 5) is 25.9. The monoisotopic (exact) mass is 430 g/mol. The Kier molecular flexibility index (Phi) is 6.82. The molecule has 0 unspecified atom stereocenters. The van der Waals surface area contributed by atoms with Crippen LogP contribution in [0.15, 0.2) is 78.9 Å². The van der Waals surface area contributed by atoms with Crippen molar-refractivity contribution in [3.05, 3.63) is 90.0 Å². The van der Waals surface area contributed by atoms with Gasteiger partial charge in [-0.1, -0.05) is 48.5 Å². The van der Waals surface area contributed by atoms with Crippen molar-refractivity contribution >= 4 is 11.9 Å². The number of hydrogen-bond donors (Lipinski definition) is 3. The van der Waals surface area contributed by atoms with Crippen LogP contribution < -0.4 is 10.6 Å². The van der Waals surface area contributed by atoms with Crippen LogP contribution in [-0.2, 0) is 4.74 Å². The van der Waals surface area contributed by atoms with E-state index in [-0.39, 0.29) is 17.7 Å². The summed E-state index contributed by atoms with van der Waals surface area (Å²) in [6.45, 7) is 1.29. The van der Waals surface area contributed by atoms with Gasteiger partial charge in [0.2, 0.25) is 0 Å². The third-order valence-electron chi connectivity index (χ3n) is 5.59. The van der Waals surface area contributed by atoms with E-state index in [9.17, 15) is 14.7 Å². The quantitative estimate of drug-likeness (QED) is 0.537. The number of benzene rings is 3. The summed E-state index contributed by atoms with van der Waals surface area (Å²) in [6.07, 6.45) is 1.03. The van der Waals surface area contributed by atoms with Gasteiger partial charge in [0.05, 0.1) is 11.6 Å². The fourth-order valence-corrected chi connectivity index (χ4v) is 3.90. The number of nitrogens with one attached hydrogen (secondary N) is 2. The molecule has 1 fully saturated rings. The fourth-order valence-electron chi connectivity index (χ4n) is 3.90. The van der Waals surface area contributed by atoms with Crippen LogP contribution in [0.3, 0.4) is 0 Å². The van der Waals surface area contributed by atoms with Crippen LogP contribution in [0, 0.1) is 0 Å². The zero-order valence-electron chi connectivity index (χ0n) is 17.7. The summed E-state index contributed by atoms with van der Waals surface area (Å²) in [6, 6.07) is 22.8. The molecule has 3 aromatic carbocycles. The third kappa shape index (κ3) is 5.15. The second-order valence-electron chi connectivity index (χ2n) is 7.83. The first-order chi connectivity index (χ1) is 15.6. The predicted molar refractivity (Wildman–Crippen MR) is 123 cm³/mol. The summed E-state index contributed by atoms with van der Waals surface area (Å²) in [5.74, 6) is -0.578. The second-order valence-corrected chi connectivity index (χ2v) is 7.83. The Bertz CT molecular complexity index is 1070. The lowest BCUT2D eigenvalue weighted by molar-refractivity contribution is 0.0193. The van der Waals surface area contributed by atoms with Gasteiger partial charge in [0.15, 0.2) is 0 Å². The number of aromatic hydroxyl groups is 1. The lowest BCUT2D eigenvalue weighted by Gasteiger charge is -2.26. The molecule has 1 aliphatic rings. The lowest BCUT2D eigenvalue weighted by atomic mass is 9.99. The van der Waals surface area contributed by atoms with Gasteiger partial charge in [0.25, 0.3) is 5.91 Å². The van der Waals surface area contributed by atoms with Crippen molar-refractivity contribution in [2.24, 2.45) is 0 Å². The van der Waals surface area contributed by atoms with Crippen molar-refractivity contribution in [2.75, 3.05) is 13.1 Å². The van der Waals surface area contributed by atoms with Gasteiger partial charge in [0, 0.05) is 12.1 Å². The molecule has 1 aliphatic heterocycles. The average Bonchev–Trinajstić information content (AvgIpc) is 3.05. The molecule has 0 bridgehead atoms. The number of carbonyl (C=O) groups is 2. The average molecular weight is 431 g/mol. The molecule has 0 radical (unpaired) electrons. The Balaban J connectivity index is 1.52. The molecule has 1 amide bonds. The van der Waals surface area contributed by atoms with E-state index in [4.69, 9.17) is 4.74 Å². The molecule has 1 saturated heterocycles. The van der Waals surface area contributed by atoms with Crippen LogP contribution in [0.25, 0.3) is 11.1 Å². The lowest BCUT2D eigenvalue weighted by Crippen LogP contribution is -2.49. The molecule has 0 aromatic heterocycles. The van der Waals surface area contributed by atoms with Crippen molar-refractivity contribution in [2.45, 2.75) is 25.0 Å². The maximum absolute atomic E-state index is 13.2. The molecule has 0 aliphatic carbocycles. The number of phenols is 1. The molecule has 2 atom stereocenters. The summed E-state index contributed by atoms with van der Waals surface area (Å²) >= 11 is 0. The van der Waals surface area contributed by atoms with Crippen LogP contribution in [0.1, 0.15) is 33.6 Å². The van der Waals surface area contributed by atoms with Crippen molar-refractivity contribution in [1.29, 1.82) is 0 Å². The molecule has 3 aromatic rings. The van der Waals surface area contributed by atoms with Crippen molar-refractivity contribution < 1.29 is 19.4 Å². The zero-order chi connectivity index (χ0) is 22.3. The number of hydrogen-bond acceptors (Lipinski definition) is 5. The number of carbonyl (C=O) groups excluding carboxylic acids is 2. The molecule has 4 rings (SSSR count). The molecule has 164 valence electrons. The van der Waals surface area contributed by atoms with E-state index in [0.29, 0.717) is 24.1 Å². The minimum atomic E-state index is -0.456. The summed E-state index contributed by atoms with van der Waals surface area (Å²) in [5.41, 5.74) is 2.69. The smallest absolute Gasteiger partial charge is 0.339 e. The molecule has 0 spiro atoms. The van der Waals surface area contributed by atoms with E-state index in [1.807, 2.05) is 48.5 Å². The highest BCUT2D eigenvalue weighted by atomic mass is 16.5. The van der Waals surface area contributed by atoms with E-state index < -0.39 is 12.1 Å². The molecule has 6 heteroatoms. The second kappa shape index (κ2) is 10.1. The van der Waals surface area contributed by atoms with Gasteiger partial charge in [-0.05, 0) is 60.8 Å².